The molecule has 0 amide bonds. The second-order valence-corrected chi connectivity index (χ2v) is 4.11. The average Bonchev–Trinajstić information content (AvgIpc) is 2.74. The van der Waals surface area contributed by atoms with Crippen molar-refractivity contribution in [2.45, 2.75) is 6.42 Å². The number of fused-ring (bicyclic) bond motifs is 1. The van der Waals surface area contributed by atoms with Gasteiger partial charge in [-0.2, -0.15) is 6.07 Å². The van der Waals surface area contributed by atoms with Gasteiger partial charge in [0.05, 0.1) is 0 Å². The van der Waals surface area contributed by atoms with E-state index in [1.54, 1.807) is 0 Å². The largest absolute Gasteiger partial charge is 0.168 e. The van der Waals surface area contributed by atoms with Gasteiger partial charge in [-0.1, -0.05) is 42.0 Å². The summed E-state index contributed by atoms with van der Waals surface area (Å²) in [6.45, 7) is 0. The van der Waals surface area contributed by atoms with Crippen LogP contribution in [0.4, 0.5) is 0 Å². The van der Waals surface area contributed by atoms with E-state index in [4.69, 9.17) is 0 Å². The van der Waals surface area contributed by atoms with Crippen LogP contribution in [0.2, 0.25) is 0 Å². The number of rotatable bonds is 2. The third-order valence-electron chi connectivity index (χ3n) is 3.01. The topological polar surface area (TPSA) is 0 Å². The second kappa shape index (κ2) is 9.21. The molecule has 0 spiro atoms. The maximum absolute atomic E-state index is 2.23. The normalized spacial score (nSPS) is 9.05. The Morgan fingerprint density at radius 1 is 0.737 bits per heavy atom. The van der Waals surface area contributed by atoms with Crippen LogP contribution in [-0.4, -0.2) is 0 Å². The molecule has 0 N–H and O–H groups in total. The van der Waals surface area contributed by atoms with E-state index in [1.165, 1.54) is 21.9 Å². The minimum Gasteiger partial charge on any atom is -0.168 e. The molecule has 3 heteroatoms. The van der Waals surface area contributed by atoms with Crippen molar-refractivity contribution < 1.29 is 21.7 Å². The third kappa shape index (κ3) is 4.62. The van der Waals surface area contributed by atoms with Gasteiger partial charge in [0, 0.05) is 21.7 Å². The Bertz CT molecular complexity index is 602. The first-order chi connectivity index (χ1) is 7.93. The molecule has 0 aliphatic heterocycles. The quantitative estimate of drug-likeness (QED) is 0.248. The minimum absolute atomic E-state index is 0. The summed E-state index contributed by atoms with van der Waals surface area (Å²) >= 11 is 0. The molecule has 0 atom stereocenters. The molecule has 0 aromatic heterocycles. The molecule has 0 radical (unpaired) electrons. The zero-order chi connectivity index (χ0) is 10.8. The molecule has 0 aliphatic rings. The molecule has 98 valence electrons. The van der Waals surface area contributed by atoms with Crippen molar-refractivity contribution in [3.05, 3.63) is 77.9 Å². The van der Waals surface area contributed by atoms with Gasteiger partial charge in [-0.25, -0.2) is 0 Å². The monoisotopic (exact) mass is 509 g/mol. The van der Waals surface area contributed by atoms with Gasteiger partial charge in [0.1, 0.15) is 0 Å². The van der Waals surface area contributed by atoms with Crippen LogP contribution in [0.5, 0.6) is 0 Å². The van der Waals surface area contributed by atoms with Gasteiger partial charge in [-0.3, -0.25) is 0 Å². The fourth-order valence-corrected chi connectivity index (χ4v) is 2.18. The summed E-state index contributed by atoms with van der Waals surface area (Å²) in [6, 6.07) is 23.6. The molecule has 0 bridgehead atoms. The standard InChI is InChI=1S/C16H13.2HI.Ti/c1-2-6-13(7-3-1)12-15-11-10-14-8-4-5-9-16(14)15;;;/h1-11H,12H2;2*1H;/q-1;;;. The summed E-state index contributed by atoms with van der Waals surface area (Å²) in [4.78, 5) is 0. The van der Waals surface area contributed by atoms with Gasteiger partial charge in [-0.05, 0) is 6.42 Å². The molecule has 0 nitrogen and oxygen atoms in total. The molecular formula is C16H15I2Ti-. The van der Waals surface area contributed by atoms with E-state index in [-0.39, 0.29) is 69.7 Å². The van der Waals surface area contributed by atoms with Crippen LogP contribution in [0.3, 0.4) is 0 Å². The maximum atomic E-state index is 2.23. The summed E-state index contributed by atoms with van der Waals surface area (Å²) in [5, 5.41) is 2.72. The first kappa shape index (κ1) is 19.2. The summed E-state index contributed by atoms with van der Waals surface area (Å²) < 4.78 is 0. The van der Waals surface area contributed by atoms with Crippen molar-refractivity contribution in [3.63, 3.8) is 0 Å². The second-order valence-electron chi connectivity index (χ2n) is 4.11. The Morgan fingerprint density at radius 3 is 2.11 bits per heavy atom. The Balaban J connectivity index is 0.00000108. The van der Waals surface area contributed by atoms with Crippen LogP contribution in [0.1, 0.15) is 11.1 Å². The van der Waals surface area contributed by atoms with Gasteiger partial charge in [0.2, 0.25) is 0 Å². The Hall–Kier alpha value is 0.224. The minimum atomic E-state index is 0. The predicted octanol–water partition coefficient (Wildman–Crippen LogP) is 5.38. The molecule has 3 aromatic carbocycles. The smallest absolute Gasteiger partial charge is 0 e. The molecule has 0 saturated heterocycles. The van der Waals surface area contributed by atoms with Gasteiger partial charge in [-0.15, -0.1) is 88.6 Å². The van der Waals surface area contributed by atoms with E-state index in [0.717, 1.165) is 6.42 Å². The van der Waals surface area contributed by atoms with Crippen molar-refractivity contribution in [3.8, 4) is 0 Å². The number of benzene rings is 2. The third-order valence-corrected chi connectivity index (χ3v) is 3.01. The zero-order valence-electron chi connectivity index (χ0n) is 10.4. The molecule has 3 aromatic rings. The molecule has 0 heterocycles. The van der Waals surface area contributed by atoms with Crippen molar-refractivity contribution in [1.29, 1.82) is 0 Å². The molecule has 0 unspecified atom stereocenters. The Morgan fingerprint density at radius 2 is 1.37 bits per heavy atom. The molecule has 0 saturated carbocycles. The SMILES string of the molecule is I.I.[Ti].c1ccc(C[c-]2ccc3ccccc32)cc1. The number of hydrogen-bond donors (Lipinski definition) is 0. The molecule has 0 fully saturated rings. The fourth-order valence-electron chi connectivity index (χ4n) is 2.18. The van der Waals surface area contributed by atoms with Crippen molar-refractivity contribution in [2.24, 2.45) is 0 Å². The van der Waals surface area contributed by atoms with E-state index in [2.05, 4.69) is 66.7 Å². The van der Waals surface area contributed by atoms with Gasteiger partial charge >= 0.3 is 0 Å². The van der Waals surface area contributed by atoms with E-state index in [1.807, 2.05) is 0 Å². The van der Waals surface area contributed by atoms with E-state index < -0.39 is 0 Å². The Kier molecular flexibility index (Phi) is 9.32. The maximum Gasteiger partial charge on any atom is 0 e. The van der Waals surface area contributed by atoms with E-state index in [9.17, 15) is 0 Å². The summed E-state index contributed by atoms with van der Waals surface area (Å²) in [6.07, 6.45) is 1.02. The number of halogens is 2. The first-order valence-corrected chi connectivity index (χ1v) is 5.61. The Labute approximate surface area is 163 Å². The van der Waals surface area contributed by atoms with Crippen LogP contribution in [0.15, 0.2) is 66.7 Å². The zero-order valence-corrected chi connectivity index (χ0v) is 16.6. The van der Waals surface area contributed by atoms with Crippen molar-refractivity contribution in [2.75, 3.05) is 0 Å². The first-order valence-electron chi connectivity index (χ1n) is 5.61. The average molecular weight is 509 g/mol. The molecule has 0 aliphatic carbocycles. The van der Waals surface area contributed by atoms with Crippen molar-refractivity contribution >= 4 is 58.7 Å². The van der Waals surface area contributed by atoms with Crippen LogP contribution < -0.4 is 0 Å². The summed E-state index contributed by atoms with van der Waals surface area (Å²) in [7, 11) is 0. The molecule has 3 rings (SSSR count). The van der Waals surface area contributed by atoms with Crippen LogP contribution in [-0.2, 0) is 28.1 Å². The summed E-state index contributed by atoms with van der Waals surface area (Å²) in [5.74, 6) is 0. The van der Waals surface area contributed by atoms with E-state index in [0.29, 0.717) is 0 Å². The van der Waals surface area contributed by atoms with Gasteiger partial charge < -0.3 is 0 Å². The van der Waals surface area contributed by atoms with Crippen LogP contribution >= 0.6 is 48.0 Å². The van der Waals surface area contributed by atoms with Gasteiger partial charge in [0.25, 0.3) is 0 Å². The summed E-state index contributed by atoms with van der Waals surface area (Å²) in [5.41, 5.74) is 2.79. The van der Waals surface area contributed by atoms with Gasteiger partial charge in [0.15, 0.2) is 0 Å². The molecular weight excluding hydrogens is 494 g/mol. The van der Waals surface area contributed by atoms with E-state index >= 15 is 0 Å². The molecule has 19 heavy (non-hydrogen) atoms. The van der Waals surface area contributed by atoms with Crippen LogP contribution in [0, 0.1) is 0 Å². The number of hydrogen-bond acceptors (Lipinski definition) is 0. The van der Waals surface area contributed by atoms with Crippen molar-refractivity contribution in [1.82, 2.24) is 0 Å². The predicted molar refractivity (Wildman–Crippen MR) is 99.6 cm³/mol. The van der Waals surface area contributed by atoms with Crippen LogP contribution in [0.25, 0.3) is 10.8 Å². The fraction of sp³-hybridized carbons (Fsp3) is 0.0625.